The summed E-state index contributed by atoms with van der Waals surface area (Å²) in [4.78, 5) is 28.6. The summed E-state index contributed by atoms with van der Waals surface area (Å²) in [6.45, 7) is 2.30. The normalized spacial score (nSPS) is 19.3. The van der Waals surface area contributed by atoms with Gasteiger partial charge in [-0.3, -0.25) is 14.3 Å². The van der Waals surface area contributed by atoms with Gasteiger partial charge in [-0.2, -0.15) is 10.4 Å². The number of nitrogens with zero attached hydrogens (tertiary/aromatic N) is 5. The van der Waals surface area contributed by atoms with Gasteiger partial charge in [-0.1, -0.05) is 6.07 Å². The maximum absolute atomic E-state index is 13.0. The van der Waals surface area contributed by atoms with E-state index in [0.717, 1.165) is 18.7 Å². The Morgan fingerprint density at radius 2 is 2.23 bits per heavy atom. The molecule has 0 unspecified atom stereocenters. The van der Waals surface area contributed by atoms with Gasteiger partial charge in [0.1, 0.15) is 0 Å². The zero-order valence-electron chi connectivity index (χ0n) is 14.3. The zero-order chi connectivity index (χ0) is 18.1. The maximum atomic E-state index is 13.0. The molecule has 132 valence electrons. The number of benzene rings is 1. The number of hydrogen-bond donors (Lipinski definition) is 0. The van der Waals surface area contributed by atoms with E-state index in [1.165, 1.54) is 0 Å². The smallest absolute Gasteiger partial charge is 0.254 e. The molecule has 26 heavy (non-hydrogen) atoms. The molecule has 3 heterocycles. The van der Waals surface area contributed by atoms with Gasteiger partial charge in [-0.25, -0.2) is 0 Å². The molecular weight excluding hydrogens is 330 g/mol. The van der Waals surface area contributed by atoms with Crippen LogP contribution in [-0.2, 0) is 11.3 Å². The van der Waals surface area contributed by atoms with E-state index in [9.17, 15) is 9.59 Å². The molecule has 2 aromatic rings. The Morgan fingerprint density at radius 3 is 3.00 bits per heavy atom. The molecule has 0 radical (unpaired) electrons. The van der Waals surface area contributed by atoms with Gasteiger partial charge in [-0.05, 0) is 30.7 Å². The minimum absolute atomic E-state index is 0.0566. The van der Waals surface area contributed by atoms with Crippen molar-refractivity contribution in [1.82, 2.24) is 19.6 Å². The molecule has 1 atom stereocenters. The molecule has 4 rings (SSSR count). The SMILES string of the molecule is N#Cc1cccc(C(=O)N2Cc3ccnn3[C@H](CN3CCCC3=O)C2)c1. The molecule has 2 amide bonds. The van der Waals surface area contributed by atoms with Gasteiger partial charge in [0.2, 0.25) is 5.91 Å². The molecule has 2 aliphatic heterocycles. The quantitative estimate of drug-likeness (QED) is 0.842. The fourth-order valence-corrected chi connectivity index (χ4v) is 3.73. The average Bonchev–Trinajstić information content (AvgIpc) is 3.30. The summed E-state index contributed by atoms with van der Waals surface area (Å²) in [6.07, 6.45) is 3.22. The highest BCUT2D eigenvalue weighted by Crippen LogP contribution is 2.24. The Labute approximate surface area is 151 Å². The molecule has 1 aromatic heterocycles. The minimum atomic E-state index is -0.104. The van der Waals surface area contributed by atoms with Crippen LogP contribution in [-0.4, -0.2) is 51.0 Å². The Bertz CT molecular complexity index is 897. The summed E-state index contributed by atoms with van der Waals surface area (Å²) in [5.41, 5.74) is 1.93. The number of aromatic nitrogens is 2. The lowest BCUT2D eigenvalue weighted by Gasteiger charge is -2.35. The molecule has 0 spiro atoms. The van der Waals surface area contributed by atoms with Gasteiger partial charge in [-0.15, -0.1) is 0 Å². The van der Waals surface area contributed by atoms with E-state index in [-0.39, 0.29) is 17.9 Å². The first-order chi connectivity index (χ1) is 12.7. The number of carbonyl (C=O) groups is 2. The average molecular weight is 349 g/mol. The Hall–Kier alpha value is -3.14. The van der Waals surface area contributed by atoms with Crippen molar-refractivity contribution in [3.63, 3.8) is 0 Å². The van der Waals surface area contributed by atoms with Gasteiger partial charge < -0.3 is 9.80 Å². The van der Waals surface area contributed by atoms with Crippen LogP contribution in [0.2, 0.25) is 0 Å². The Balaban J connectivity index is 1.57. The lowest BCUT2D eigenvalue weighted by atomic mass is 10.1. The topological polar surface area (TPSA) is 82.2 Å². The molecule has 0 bridgehead atoms. The third-order valence-corrected chi connectivity index (χ3v) is 5.01. The molecular formula is C19H19N5O2. The van der Waals surface area contributed by atoms with Crippen LogP contribution < -0.4 is 0 Å². The molecule has 7 heteroatoms. The predicted molar refractivity (Wildman–Crippen MR) is 93.0 cm³/mol. The third kappa shape index (κ3) is 2.94. The lowest BCUT2D eigenvalue weighted by Crippen LogP contribution is -2.45. The number of rotatable bonds is 3. The third-order valence-electron chi connectivity index (χ3n) is 5.01. The molecule has 1 saturated heterocycles. The van der Waals surface area contributed by atoms with Crippen LogP contribution in [0.3, 0.4) is 0 Å². The van der Waals surface area contributed by atoms with E-state index >= 15 is 0 Å². The van der Waals surface area contributed by atoms with Crippen molar-refractivity contribution in [1.29, 1.82) is 5.26 Å². The van der Waals surface area contributed by atoms with Gasteiger partial charge in [0.15, 0.2) is 0 Å². The first-order valence-electron chi connectivity index (χ1n) is 8.75. The van der Waals surface area contributed by atoms with Crippen LogP contribution in [0.25, 0.3) is 0 Å². The van der Waals surface area contributed by atoms with Crippen LogP contribution in [0.5, 0.6) is 0 Å². The van der Waals surface area contributed by atoms with Gasteiger partial charge in [0.05, 0.1) is 29.9 Å². The van der Waals surface area contributed by atoms with Gasteiger partial charge >= 0.3 is 0 Å². The summed E-state index contributed by atoms with van der Waals surface area (Å²) >= 11 is 0. The van der Waals surface area contributed by atoms with Gasteiger partial charge in [0.25, 0.3) is 5.91 Å². The molecule has 0 aliphatic carbocycles. The summed E-state index contributed by atoms with van der Waals surface area (Å²) < 4.78 is 1.93. The highest BCUT2D eigenvalue weighted by atomic mass is 16.2. The number of amides is 2. The fourth-order valence-electron chi connectivity index (χ4n) is 3.73. The second-order valence-corrected chi connectivity index (χ2v) is 6.74. The van der Waals surface area contributed by atoms with Crippen LogP contribution >= 0.6 is 0 Å². The Kier molecular flexibility index (Phi) is 4.17. The number of hydrogen-bond acceptors (Lipinski definition) is 4. The first-order valence-corrected chi connectivity index (χ1v) is 8.75. The fraction of sp³-hybridized carbons (Fsp3) is 0.368. The summed E-state index contributed by atoms with van der Waals surface area (Å²) in [5, 5.41) is 13.5. The molecule has 2 aliphatic rings. The van der Waals surface area contributed by atoms with E-state index in [2.05, 4.69) is 11.2 Å². The van der Waals surface area contributed by atoms with Crippen LogP contribution in [0.15, 0.2) is 36.5 Å². The number of nitriles is 1. The van der Waals surface area contributed by atoms with E-state index < -0.39 is 0 Å². The number of carbonyl (C=O) groups excluding carboxylic acids is 2. The highest BCUT2D eigenvalue weighted by Gasteiger charge is 2.32. The van der Waals surface area contributed by atoms with E-state index in [1.807, 2.05) is 15.6 Å². The van der Waals surface area contributed by atoms with Crippen molar-refractivity contribution in [3.05, 3.63) is 53.3 Å². The highest BCUT2D eigenvalue weighted by molar-refractivity contribution is 5.94. The largest absolute Gasteiger partial charge is 0.340 e. The Morgan fingerprint density at radius 1 is 1.35 bits per heavy atom. The summed E-state index contributed by atoms with van der Waals surface area (Å²) in [7, 11) is 0. The van der Waals surface area contributed by atoms with Crippen molar-refractivity contribution in [3.8, 4) is 6.07 Å². The van der Waals surface area contributed by atoms with E-state index in [1.54, 1.807) is 35.4 Å². The van der Waals surface area contributed by atoms with Crippen molar-refractivity contribution < 1.29 is 9.59 Å². The second-order valence-electron chi connectivity index (χ2n) is 6.74. The maximum Gasteiger partial charge on any atom is 0.254 e. The van der Waals surface area contributed by atoms with Crippen LogP contribution in [0.4, 0.5) is 0 Å². The first kappa shape index (κ1) is 16.3. The molecule has 7 nitrogen and oxygen atoms in total. The monoisotopic (exact) mass is 349 g/mol. The summed E-state index contributed by atoms with van der Waals surface area (Å²) in [6, 6.07) is 10.7. The molecule has 0 N–H and O–H groups in total. The van der Waals surface area contributed by atoms with E-state index in [0.29, 0.717) is 37.2 Å². The van der Waals surface area contributed by atoms with E-state index in [4.69, 9.17) is 5.26 Å². The lowest BCUT2D eigenvalue weighted by molar-refractivity contribution is -0.128. The van der Waals surface area contributed by atoms with Crippen molar-refractivity contribution >= 4 is 11.8 Å². The van der Waals surface area contributed by atoms with Crippen molar-refractivity contribution in [2.24, 2.45) is 0 Å². The van der Waals surface area contributed by atoms with Crippen molar-refractivity contribution in [2.75, 3.05) is 19.6 Å². The second kappa shape index (κ2) is 6.64. The molecule has 0 saturated carbocycles. The van der Waals surface area contributed by atoms with Crippen molar-refractivity contribution in [2.45, 2.75) is 25.4 Å². The van der Waals surface area contributed by atoms with Crippen LogP contribution in [0.1, 0.15) is 40.5 Å². The standard InChI is InChI=1S/C19H19N5O2/c20-10-14-3-1-4-15(9-14)19(26)23-11-16-6-7-21-24(16)17(13-23)12-22-8-2-5-18(22)25/h1,3-4,6-7,9,17H,2,5,8,11-13H2/t17-/m1/s1. The predicted octanol–water partition coefficient (Wildman–Crippen LogP) is 1.57. The zero-order valence-corrected chi connectivity index (χ0v) is 14.3. The number of likely N-dealkylation sites (tertiary alicyclic amines) is 1. The molecule has 1 fully saturated rings. The van der Waals surface area contributed by atoms with Crippen LogP contribution in [0, 0.1) is 11.3 Å². The van der Waals surface area contributed by atoms with Gasteiger partial charge in [0, 0.05) is 37.8 Å². The molecule has 1 aromatic carbocycles. The number of fused-ring (bicyclic) bond motifs is 1. The minimum Gasteiger partial charge on any atom is -0.340 e. The summed E-state index contributed by atoms with van der Waals surface area (Å²) in [5.74, 6) is 0.0659.